The first-order chi connectivity index (χ1) is 13.6. The molecule has 2 aliphatic carbocycles. The summed E-state index contributed by atoms with van der Waals surface area (Å²) in [6, 6.07) is 0. The van der Waals surface area contributed by atoms with Crippen LogP contribution in [-0.2, 0) is 28.6 Å². The number of carbonyl (C=O) groups excluding carboxylic acids is 3. The van der Waals surface area contributed by atoms with Gasteiger partial charge in [-0.3, -0.25) is 4.79 Å². The fraction of sp³-hybridized carbons (Fsp3) is 0.500. The van der Waals surface area contributed by atoms with Gasteiger partial charge in [-0.25, -0.2) is 9.59 Å². The Kier molecular flexibility index (Phi) is 5.80. The quantitative estimate of drug-likeness (QED) is 0.332. The molecule has 7 nitrogen and oxygen atoms in total. The first kappa shape index (κ1) is 21.0. The van der Waals surface area contributed by atoms with Crippen molar-refractivity contribution in [3.63, 3.8) is 0 Å². The highest BCUT2D eigenvalue weighted by Gasteiger charge is 2.56. The van der Waals surface area contributed by atoms with Crippen molar-refractivity contribution in [2.24, 2.45) is 17.8 Å². The third kappa shape index (κ3) is 3.79. The first-order valence-corrected chi connectivity index (χ1v) is 9.57. The van der Waals surface area contributed by atoms with Gasteiger partial charge in [0.1, 0.15) is 18.3 Å². The van der Waals surface area contributed by atoms with Crippen molar-refractivity contribution < 1.29 is 33.7 Å². The van der Waals surface area contributed by atoms with Crippen molar-refractivity contribution in [1.29, 1.82) is 0 Å². The van der Waals surface area contributed by atoms with E-state index < -0.39 is 42.1 Å². The molecule has 0 aromatic heterocycles. The van der Waals surface area contributed by atoms with E-state index in [1.165, 1.54) is 13.0 Å². The molecular formula is C22H26O7. The van der Waals surface area contributed by atoms with Gasteiger partial charge in [0, 0.05) is 36.3 Å². The maximum Gasteiger partial charge on any atom is 0.334 e. The van der Waals surface area contributed by atoms with Crippen LogP contribution in [0.1, 0.15) is 27.2 Å². The number of ether oxygens (including phenoxy) is 3. The number of hydrogen-bond donors (Lipinski definition) is 1. The van der Waals surface area contributed by atoms with Gasteiger partial charge in [-0.1, -0.05) is 24.3 Å². The summed E-state index contributed by atoms with van der Waals surface area (Å²) in [4.78, 5) is 36.3. The van der Waals surface area contributed by atoms with Crippen molar-refractivity contribution in [2.75, 3.05) is 6.61 Å². The lowest BCUT2D eigenvalue weighted by molar-refractivity contribution is -0.150. The highest BCUT2D eigenvalue weighted by molar-refractivity contribution is 5.92. The van der Waals surface area contributed by atoms with Crippen molar-refractivity contribution in [3.05, 3.63) is 47.6 Å². The smallest absolute Gasteiger partial charge is 0.334 e. The van der Waals surface area contributed by atoms with Crippen molar-refractivity contribution >= 4 is 17.9 Å². The fourth-order valence-electron chi connectivity index (χ4n) is 4.64. The topological polar surface area (TPSA) is 99.1 Å². The van der Waals surface area contributed by atoms with Gasteiger partial charge in [-0.05, 0) is 26.0 Å². The van der Waals surface area contributed by atoms with E-state index in [0.717, 1.165) is 11.1 Å². The Bertz CT molecular complexity index is 834. The molecule has 6 atom stereocenters. The monoisotopic (exact) mass is 402 g/mol. The van der Waals surface area contributed by atoms with E-state index in [1.807, 2.05) is 13.0 Å². The van der Waals surface area contributed by atoms with Crippen LogP contribution >= 0.6 is 0 Å². The van der Waals surface area contributed by atoms with Gasteiger partial charge in [0.25, 0.3) is 0 Å². The van der Waals surface area contributed by atoms with Gasteiger partial charge in [0.2, 0.25) is 0 Å². The van der Waals surface area contributed by atoms with Gasteiger partial charge >= 0.3 is 17.9 Å². The minimum atomic E-state index is -0.697. The highest BCUT2D eigenvalue weighted by atomic mass is 16.6. The molecule has 0 amide bonds. The minimum absolute atomic E-state index is 0.238. The van der Waals surface area contributed by atoms with Gasteiger partial charge < -0.3 is 19.3 Å². The molecule has 2 fully saturated rings. The number of fused-ring (bicyclic) bond motifs is 3. The summed E-state index contributed by atoms with van der Waals surface area (Å²) in [5.74, 6) is -2.55. The second-order valence-corrected chi connectivity index (χ2v) is 7.83. The zero-order chi connectivity index (χ0) is 21.5. The third-order valence-electron chi connectivity index (χ3n) is 5.92. The van der Waals surface area contributed by atoms with Crippen molar-refractivity contribution in [3.8, 4) is 0 Å². The van der Waals surface area contributed by atoms with E-state index in [4.69, 9.17) is 19.3 Å². The lowest BCUT2D eigenvalue weighted by atomic mass is 9.79. The second-order valence-electron chi connectivity index (χ2n) is 7.83. The molecule has 0 unspecified atom stereocenters. The Morgan fingerprint density at radius 1 is 1.24 bits per heavy atom. The van der Waals surface area contributed by atoms with E-state index >= 15 is 0 Å². The van der Waals surface area contributed by atoms with Crippen LogP contribution in [-0.4, -0.2) is 47.9 Å². The van der Waals surface area contributed by atoms with Crippen LogP contribution in [0.2, 0.25) is 0 Å². The van der Waals surface area contributed by atoms with Crippen LogP contribution in [0.3, 0.4) is 0 Å². The Hall–Kier alpha value is -2.67. The van der Waals surface area contributed by atoms with Crippen LogP contribution < -0.4 is 0 Å². The second kappa shape index (κ2) is 7.99. The maximum atomic E-state index is 12.5. The third-order valence-corrected chi connectivity index (χ3v) is 5.92. The highest BCUT2D eigenvalue weighted by Crippen LogP contribution is 2.51. The summed E-state index contributed by atoms with van der Waals surface area (Å²) < 4.78 is 16.8. The summed E-state index contributed by atoms with van der Waals surface area (Å²) in [5.41, 5.74) is 2.22. The summed E-state index contributed by atoms with van der Waals surface area (Å²) >= 11 is 0. The molecule has 7 heteroatoms. The number of carbonyl (C=O) groups is 3. The van der Waals surface area contributed by atoms with Gasteiger partial charge in [0.15, 0.2) is 0 Å². The SMILES string of the molecule is C=C1C[C@@H](OC(=O)/C(C)=C/CO)[C@H]2C(=C)C(=O)O[C@@H]2[C@H]2C(C)=C[C@H](OC(C)=O)[C@@H]12. The lowest BCUT2D eigenvalue weighted by Gasteiger charge is -2.29. The molecule has 29 heavy (non-hydrogen) atoms. The molecule has 1 N–H and O–H groups in total. The van der Waals surface area contributed by atoms with Gasteiger partial charge in [-0.15, -0.1) is 0 Å². The molecule has 1 heterocycles. The summed E-state index contributed by atoms with van der Waals surface area (Å²) in [7, 11) is 0. The van der Waals surface area contributed by atoms with E-state index in [0.29, 0.717) is 0 Å². The molecule has 156 valence electrons. The van der Waals surface area contributed by atoms with Gasteiger partial charge in [-0.2, -0.15) is 0 Å². The predicted octanol–water partition coefficient (Wildman–Crippen LogP) is 2.02. The number of esters is 3. The van der Waals surface area contributed by atoms with Crippen LogP contribution in [0.4, 0.5) is 0 Å². The standard InChI is InChI=1S/C22H26O7/c1-10(6-7-23)21(25)28-16-8-11(2)17-15(27-14(5)24)9-12(3)18(17)20-19(16)13(4)22(26)29-20/h6,9,15-20,23H,2,4,7-8H2,1,3,5H3/b10-6+/t15-,16+,17+,18-,19+,20+/m0/s1. The average molecular weight is 402 g/mol. The van der Waals surface area contributed by atoms with Crippen LogP contribution in [0, 0.1) is 17.8 Å². The number of rotatable bonds is 4. The number of hydrogen-bond acceptors (Lipinski definition) is 7. The predicted molar refractivity (Wildman–Crippen MR) is 103 cm³/mol. The van der Waals surface area contributed by atoms with E-state index in [1.54, 1.807) is 6.92 Å². The summed E-state index contributed by atoms with van der Waals surface area (Å²) in [6.07, 6.45) is 1.72. The Labute approximate surface area is 169 Å². The van der Waals surface area contributed by atoms with Crippen molar-refractivity contribution in [2.45, 2.75) is 45.5 Å². The molecular weight excluding hydrogens is 376 g/mol. The maximum absolute atomic E-state index is 12.5. The fourth-order valence-corrected chi connectivity index (χ4v) is 4.64. The molecule has 1 aliphatic heterocycles. The Morgan fingerprint density at radius 3 is 2.55 bits per heavy atom. The summed E-state index contributed by atoms with van der Waals surface area (Å²) in [5, 5.41) is 9.02. The zero-order valence-electron chi connectivity index (χ0n) is 16.8. The number of aliphatic hydroxyl groups is 1. The zero-order valence-corrected chi connectivity index (χ0v) is 16.8. The Balaban J connectivity index is 1.97. The molecule has 1 saturated heterocycles. The molecule has 0 aromatic rings. The molecule has 0 radical (unpaired) electrons. The van der Waals surface area contributed by atoms with E-state index in [9.17, 15) is 14.4 Å². The Morgan fingerprint density at radius 2 is 1.93 bits per heavy atom. The largest absolute Gasteiger partial charge is 0.458 e. The molecule has 0 aromatic carbocycles. The summed E-state index contributed by atoms with van der Waals surface area (Å²) in [6.45, 7) is 12.6. The molecule has 3 rings (SSSR count). The van der Waals surface area contributed by atoms with Crippen molar-refractivity contribution in [1.82, 2.24) is 0 Å². The first-order valence-electron chi connectivity index (χ1n) is 9.57. The molecule has 1 saturated carbocycles. The van der Waals surface area contributed by atoms with E-state index in [2.05, 4.69) is 13.2 Å². The normalized spacial score (nSPS) is 34.0. The van der Waals surface area contributed by atoms with Gasteiger partial charge in [0.05, 0.1) is 12.5 Å². The van der Waals surface area contributed by atoms with E-state index in [-0.39, 0.29) is 36.0 Å². The lowest BCUT2D eigenvalue weighted by Crippen LogP contribution is -2.37. The minimum Gasteiger partial charge on any atom is -0.458 e. The molecule has 0 bridgehead atoms. The average Bonchev–Trinajstić information content (AvgIpc) is 3.05. The molecule has 3 aliphatic rings. The van der Waals surface area contributed by atoms with Crippen LogP contribution in [0.25, 0.3) is 0 Å². The van der Waals surface area contributed by atoms with Crippen LogP contribution in [0.15, 0.2) is 47.6 Å². The molecule has 0 spiro atoms. The number of aliphatic hydroxyl groups excluding tert-OH is 1. The van der Waals surface area contributed by atoms with Crippen LogP contribution in [0.5, 0.6) is 0 Å².